The maximum absolute atomic E-state index is 13.7. The molecular formula is C24H31FN6O4S2. The van der Waals surface area contributed by atoms with Crippen LogP contribution >= 0.6 is 11.3 Å². The summed E-state index contributed by atoms with van der Waals surface area (Å²) in [6, 6.07) is 4.30. The van der Waals surface area contributed by atoms with E-state index in [-0.39, 0.29) is 18.2 Å². The van der Waals surface area contributed by atoms with Crippen molar-refractivity contribution in [3.8, 4) is 17.0 Å². The predicted molar refractivity (Wildman–Crippen MR) is 140 cm³/mol. The van der Waals surface area contributed by atoms with Gasteiger partial charge in [0.25, 0.3) is 0 Å². The highest BCUT2D eigenvalue weighted by atomic mass is 32.2. The lowest BCUT2D eigenvalue weighted by Gasteiger charge is -2.41. The van der Waals surface area contributed by atoms with Gasteiger partial charge in [0.15, 0.2) is 9.84 Å². The summed E-state index contributed by atoms with van der Waals surface area (Å²) in [5.41, 5.74) is 6.76. The third-order valence-corrected chi connectivity index (χ3v) is 11.0. The zero-order chi connectivity index (χ0) is 26.6. The normalized spacial score (nSPS) is 21.0. The summed E-state index contributed by atoms with van der Waals surface area (Å²) in [5, 5.41) is 8.32. The van der Waals surface area contributed by atoms with E-state index >= 15 is 0 Å². The van der Waals surface area contributed by atoms with Gasteiger partial charge in [-0.1, -0.05) is 11.3 Å². The number of anilines is 1. The van der Waals surface area contributed by atoms with Crippen LogP contribution in [-0.2, 0) is 14.6 Å². The first-order valence-corrected chi connectivity index (χ1v) is 14.6. The van der Waals surface area contributed by atoms with Gasteiger partial charge in [-0.2, -0.15) is 0 Å². The van der Waals surface area contributed by atoms with E-state index in [1.807, 2.05) is 18.7 Å². The minimum atomic E-state index is -3.43. The van der Waals surface area contributed by atoms with E-state index in [1.165, 1.54) is 30.6 Å². The lowest BCUT2D eigenvalue weighted by atomic mass is 9.81. The molecule has 0 saturated carbocycles. The molecule has 1 aromatic carbocycles. The molecule has 1 spiro atoms. The Bertz CT molecular complexity index is 1440. The second-order valence-electron chi connectivity index (χ2n) is 10.5. The number of piperidine rings is 1. The van der Waals surface area contributed by atoms with E-state index in [0.29, 0.717) is 59.5 Å². The van der Waals surface area contributed by atoms with Crippen molar-refractivity contribution in [2.24, 2.45) is 11.7 Å². The fraction of sp³-hybridized carbons (Fsp3) is 0.542. The number of hydrogen-bond acceptors (Lipinski definition) is 9. The summed E-state index contributed by atoms with van der Waals surface area (Å²) in [6.07, 6.45) is 2.69. The zero-order valence-electron chi connectivity index (χ0n) is 21.0. The molecule has 200 valence electrons. The Kier molecular flexibility index (Phi) is 6.44. The Morgan fingerprint density at radius 3 is 2.76 bits per heavy atom. The molecule has 1 unspecified atom stereocenters. The fourth-order valence-corrected chi connectivity index (χ4v) is 8.71. The highest BCUT2D eigenvalue weighted by molar-refractivity contribution is 7.93. The average molecular weight is 551 g/mol. The van der Waals surface area contributed by atoms with Crippen molar-refractivity contribution in [1.29, 1.82) is 0 Å². The van der Waals surface area contributed by atoms with E-state index in [4.69, 9.17) is 15.6 Å². The summed E-state index contributed by atoms with van der Waals surface area (Å²) >= 11 is 1.39. The molecule has 37 heavy (non-hydrogen) atoms. The number of nitrogens with zero attached hydrogens (tertiary/aromatic N) is 4. The van der Waals surface area contributed by atoms with Crippen LogP contribution in [0.2, 0.25) is 0 Å². The predicted octanol–water partition coefficient (Wildman–Crippen LogP) is 2.23. The quantitative estimate of drug-likeness (QED) is 0.478. The van der Waals surface area contributed by atoms with E-state index in [2.05, 4.69) is 10.3 Å². The topological polar surface area (TPSA) is 132 Å². The van der Waals surface area contributed by atoms with E-state index < -0.39 is 31.9 Å². The molecule has 2 saturated heterocycles. The van der Waals surface area contributed by atoms with Gasteiger partial charge < -0.3 is 20.7 Å². The molecule has 4 heterocycles. The first-order valence-electron chi connectivity index (χ1n) is 12.2. The molecule has 2 aliphatic rings. The van der Waals surface area contributed by atoms with E-state index in [9.17, 15) is 17.6 Å². The number of methoxy groups -OCH3 is 1. The van der Waals surface area contributed by atoms with Gasteiger partial charge in [0.1, 0.15) is 11.6 Å². The van der Waals surface area contributed by atoms with Gasteiger partial charge in [-0.3, -0.25) is 4.79 Å². The number of benzene rings is 1. The van der Waals surface area contributed by atoms with Crippen molar-refractivity contribution < 1.29 is 22.3 Å². The Morgan fingerprint density at radius 2 is 2.08 bits per heavy atom. The molecule has 10 nitrogen and oxygen atoms in total. The van der Waals surface area contributed by atoms with Gasteiger partial charge >= 0.3 is 0 Å². The number of nitrogens with two attached hydrogens (primary N) is 1. The van der Waals surface area contributed by atoms with Gasteiger partial charge in [0.2, 0.25) is 16.0 Å². The van der Waals surface area contributed by atoms with Crippen LogP contribution in [0.25, 0.3) is 16.2 Å². The molecule has 2 aromatic heterocycles. The molecular weight excluding hydrogens is 519 g/mol. The number of nitrogens with one attached hydrogen (secondary N) is 1. The monoisotopic (exact) mass is 550 g/mol. The number of carbonyl (C=O) groups is 1. The smallest absolute Gasteiger partial charge is 0.224 e. The maximum atomic E-state index is 13.7. The minimum absolute atomic E-state index is 0.0189. The average Bonchev–Trinajstić information content (AvgIpc) is 3.50. The van der Waals surface area contributed by atoms with Crippen LogP contribution in [0.5, 0.6) is 5.75 Å². The van der Waals surface area contributed by atoms with Crippen LogP contribution in [0, 0.1) is 11.7 Å². The SMILES string of the molecule is COc1cc(F)ccc1-c1cnc2sc(N3CCC4(CC3)C(C(=O)NCC(C)(C)N)CCS4(=O)=O)nn12. The lowest BCUT2D eigenvalue weighted by Crippen LogP contribution is -2.55. The molecule has 13 heteroatoms. The summed E-state index contributed by atoms with van der Waals surface area (Å²) in [7, 11) is -1.95. The van der Waals surface area contributed by atoms with Crippen LogP contribution in [0.4, 0.5) is 9.52 Å². The molecule has 1 atom stereocenters. The largest absolute Gasteiger partial charge is 0.496 e. The Morgan fingerprint density at radius 1 is 1.35 bits per heavy atom. The van der Waals surface area contributed by atoms with Crippen LogP contribution in [0.1, 0.15) is 33.1 Å². The van der Waals surface area contributed by atoms with Crippen molar-refractivity contribution in [2.75, 3.05) is 37.4 Å². The molecule has 3 aromatic rings. The Hall–Kier alpha value is -2.77. The number of rotatable bonds is 6. The Balaban J connectivity index is 1.37. The first-order chi connectivity index (χ1) is 17.4. The molecule has 5 rings (SSSR count). The van der Waals surface area contributed by atoms with Crippen molar-refractivity contribution in [1.82, 2.24) is 19.9 Å². The molecule has 3 N–H and O–H groups in total. The van der Waals surface area contributed by atoms with Gasteiger partial charge in [0.05, 0.1) is 35.4 Å². The van der Waals surface area contributed by atoms with Gasteiger partial charge in [-0.25, -0.2) is 22.3 Å². The second-order valence-corrected chi connectivity index (χ2v) is 13.9. The number of imidazole rings is 1. The van der Waals surface area contributed by atoms with Crippen molar-refractivity contribution >= 4 is 37.2 Å². The van der Waals surface area contributed by atoms with Crippen LogP contribution in [-0.4, -0.2) is 71.7 Å². The van der Waals surface area contributed by atoms with Crippen molar-refractivity contribution in [3.63, 3.8) is 0 Å². The molecule has 2 fully saturated rings. The molecule has 2 aliphatic heterocycles. The number of amides is 1. The zero-order valence-corrected chi connectivity index (χ0v) is 22.7. The van der Waals surface area contributed by atoms with Crippen LogP contribution < -0.4 is 20.7 Å². The second kappa shape index (κ2) is 9.21. The molecule has 1 amide bonds. The number of fused-ring (bicyclic) bond motifs is 1. The summed E-state index contributed by atoms with van der Waals surface area (Å²) in [5.74, 6) is -0.828. The number of ether oxygens (including phenoxy) is 1. The Labute approximate surface area is 218 Å². The number of aromatic nitrogens is 3. The molecule has 0 radical (unpaired) electrons. The highest BCUT2D eigenvalue weighted by Crippen LogP contribution is 2.46. The number of hydrogen-bond donors (Lipinski definition) is 2. The first kappa shape index (κ1) is 25.9. The number of sulfone groups is 1. The number of carbonyl (C=O) groups excluding carboxylic acids is 1. The van der Waals surface area contributed by atoms with E-state index in [1.54, 1.807) is 16.8 Å². The summed E-state index contributed by atoms with van der Waals surface area (Å²) in [4.78, 5) is 20.2. The number of halogens is 1. The highest BCUT2D eigenvalue weighted by Gasteiger charge is 2.58. The molecule has 0 bridgehead atoms. The third-order valence-electron chi connectivity index (χ3n) is 7.36. The lowest BCUT2D eigenvalue weighted by molar-refractivity contribution is -0.126. The van der Waals surface area contributed by atoms with Gasteiger partial charge in [-0.05, 0) is 45.2 Å². The van der Waals surface area contributed by atoms with Crippen molar-refractivity contribution in [3.05, 3.63) is 30.2 Å². The maximum Gasteiger partial charge on any atom is 0.224 e. The standard InChI is InChI=1S/C24H31FN6O4S2/c1-23(2,26)14-28-20(32)17-6-11-37(33,34)24(17)7-9-30(10-8-24)22-29-31-18(13-27-21(31)36-22)16-5-4-15(25)12-19(16)35-3/h4-5,12-13,17H,6-11,14,26H2,1-3H3,(H,28,32). The van der Waals surface area contributed by atoms with Crippen LogP contribution in [0.15, 0.2) is 24.4 Å². The third kappa shape index (κ3) is 4.57. The van der Waals surface area contributed by atoms with Crippen molar-refractivity contribution in [2.45, 2.75) is 43.4 Å². The fourth-order valence-electron chi connectivity index (χ4n) is 5.37. The van der Waals surface area contributed by atoms with Gasteiger partial charge in [0, 0.05) is 36.8 Å². The summed E-state index contributed by atoms with van der Waals surface area (Å²) < 4.78 is 46.0. The van der Waals surface area contributed by atoms with Gasteiger partial charge in [-0.15, -0.1) is 5.10 Å². The minimum Gasteiger partial charge on any atom is -0.496 e. The summed E-state index contributed by atoms with van der Waals surface area (Å²) in [6.45, 7) is 4.82. The van der Waals surface area contributed by atoms with Crippen LogP contribution in [0.3, 0.4) is 0 Å². The van der Waals surface area contributed by atoms with E-state index in [0.717, 1.165) is 0 Å². The molecule has 0 aliphatic carbocycles.